The van der Waals surface area contributed by atoms with E-state index in [9.17, 15) is 4.79 Å². The van der Waals surface area contributed by atoms with Crippen molar-refractivity contribution >= 4 is 5.91 Å². The number of carbonyl (C=O) groups excluding carboxylic acids is 1. The zero-order valence-electron chi connectivity index (χ0n) is 14.7. The van der Waals surface area contributed by atoms with E-state index in [0.29, 0.717) is 31.1 Å². The molecule has 0 bridgehead atoms. The molecule has 0 aliphatic carbocycles. The van der Waals surface area contributed by atoms with Gasteiger partial charge in [0.15, 0.2) is 6.61 Å². The van der Waals surface area contributed by atoms with Gasteiger partial charge in [-0.05, 0) is 24.3 Å². The van der Waals surface area contributed by atoms with Crippen molar-refractivity contribution in [2.24, 2.45) is 0 Å². The minimum absolute atomic E-state index is 0.00704. The van der Waals surface area contributed by atoms with Crippen LogP contribution >= 0.6 is 0 Å². The summed E-state index contributed by atoms with van der Waals surface area (Å²) in [6.45, 7) is 1.91. The van der Waals surface area contributed by atoms with Gasteiger partial charge >= 0.3 is 0 Å². The first-order valence-corrected chi connectivity index (χ1v) is 8.69. The Labute approximate surface area is 156 Å². The van der Waals surface area contributed by atoms with E-state index in [1.54, 1.807) is 17.3 Å². The summed E-state index contributed by atoms with van der Waals surface area (Å²) >= 11 is 0. The van der Waals surface area contributed by atoms with Gasteiger partial charge in [0.1, 0.15) is 23.8 Å². The Kier molecular flexibility index (Phi) is 4.95. The van der Waals surface area contributed by atoms with Crippen molar-refractivity contribution in [2.45, 2.75) is 19.7 Å². The minimum Gasteiger partial charge on any atom is -0.486 e. The second kappa shape index (κ2) is 7.86. The Morgan fingerprint density at radius 2 is 1.89 bits per heavy atom. The number of aromatic nitrogens is 4. The second-order valence-electron chi connectivity index (χ2n) is 6.10. The molecule has 1 aromatic carbocycles. The highest BCUT2D eigenvalue weighted by atomic mass is 16.5. The largest absolute Gasteiger partial charge is 0.486 e. The lowest BCUT2D eigenvalue weighted by Crippen LogP contribution is -2.41. The summed E-state index contributed by atoms with van der Waals surface area (Å²) in [6.07, 6.45) is 3.33. The van der Waals surface area contributed by atoms with E-state index in [4.69, 9.17) is 9.47 Å². The predicted molar refractivity (Wildman–Crippen MR) is 95.9 cm³/mol. The van der Waals surface area contributed by atoms with E-state index in [-0.39, 0.29) is 19.1 Å². The number of amides is 1. The molecule has 0 saturated carbocycles. The van der Waals surface area contributed by atoms with Gasteiger partial charge in [0.05, 0.1) is 25.0 Å². The predicted octanol–water partition coefficient (Wildman–Crippen LogP) is 1.67. The van der Waals surface area contributed by atoms with Gasteiger partial charge in [-0.1, -0.05) is 23.4 Å². The van der Waals surface area contributed by atoms with E-state index < -0.39 is 0 Å². The molecule has 27 heavy (non-hydrogen) atoms. The van der Waals surface area contributed by atoms with Gasteiger partial charge in [-0.15, -0.1) is 5.10 Å². The molecule has 1 amide bonds. The summed E-state index contributed by atoms with van der Waals surface area (Å²) in [6, 6.07) is 13.0. The highest BCUT2D eigenvalue weighted by Gasteiger charge is 2.25. The summed E-state index contributed by atoms with van der Waals surface area (Å²) < 4.78 is 13.1. The topological polar surface area (TPSA) is 82.4 Å². The van der Waals surface area contributed by atoms with Crippen LogP contribution in [0.15, 0.2) is 54.9 Å². The second-order valence-corrected chi connectivity index (χ2v) is 6.10. The fourth-order valence-corrected chi connectivity index (χ4v) is 2.86. The molecule has 0 spiro atoms. The average Bonchev–Trinajstić information content (AvgIpc) is 3.14. The maximum atomic E-state index is 12.5. The number of pyridine rings is 1. The number of para-hydroxylation sites is 1. The number of nitrogens with zero attached hydrogens (tertiary/aromatic N) is 5. The van der Waals surface area contributed by atoms with Gasteiger partial charge in [-0.2, -0.15) is 0 Å². The van der Waals surface area contributed by atoms with E-state index in [1.807, 2.05) is 47.1 Å². The monoisotopic (exact) mass is 365 g/mol. The van der Waals surface area contributed by atoms with E-state index in [1.165, 1.54) is 0 Å². The molecule has 2 aromatic heterocycles. The first-order chi connectivity index (χ1) is 13.3. The van der Waals surface area contributed by atoms with Crippen LogP contribution in [0.1, 0.15) is 11.4 Å². The molecule has 0 N–H and O–H groups in total. The summed E-state index contributed by atoms with van der Waals surface area (Å²) in [5, 5.41) is 8.36. The molecule has 3 aromatic rings. The maximum Gasteiger partial charge on any atom is 0.260 e. The number of ether oxygens (including phenoxy) is 2. The quantitative estimate of drug-likeness (QED) is 0.661. The highest BCUT2D eigenvalue weighted by molar-refractivity contribution is 5.77. The van der Waals surface area contributed by atoms with Crippen LogP contribution in [0.5, 0.6) is 11.5 Å². The lowest BCUT2D eigenvalue weighted by molar-refractivity contribution is -0.134. The zero-order valence-corrected chi connectivity index (χ0v) is 14.7. The average molecular weight is 365 g/mol. The number of fused-ring (bicyclic) bond motifs is 1. The number of carbonyl (C=O) groups is 1. The number of benzene rings is 1. The number of hydrogen-bond acceptors (Lipinski definition) is 6. The van der Waals surface area contributed by atoms with Gasteiger partial charge < -0.3 is 14.4 Å². The normalized spacial score (nSPS) is 13.1. The zero-order chi connectivity index (χ0) is 18.5. The number of rotatable bonds is 6. The van der Waals surface area contributed by atoms with Crippen molar-refractivity contribution in [1.82, 2.24) is 24.9 Å². The summed E-state index contributed by atoms with van der Waals surface area (Å²) in [5.41, 5.74) is 1.61. The van der Waals surface area contributed by atoms with Crippen molar-refractivity contribution < 1.29 is 14.3 Å². The molecule has 1 aliphatic heterocycles. The third-order valence-corrected chi connectivity index (χ3v) is 4.31. The Morgan fingerprint density at radius 1 is 1.04 bits per heavy atom. The van der Waals surface area contributed by atoms with Crippen LogP contribution in [-0.4, -0.2) is 43.9 Å². The molecule has 0 saturated heterocycles. The van der Waals surface area contributed by atoms with Gasteiger partial charge in [-0.25, -0.2) is 4.68 Å². The van der Waals surface area contributed by atoms with Gasteiger partial charge in [0.25, 0.3) is 5.91 Å². The van der Waals surface area contributed by atoms with Crippen LogP contribution in [0.4, 0.5) is 0 Å². The molecule has 8 nitrogen and oxygen atoms in total. The standard InChI is InChI=1S/C19H19N5O3/c25-19(14-27-15-5-2-1-3-6-15)23-9-10-24-18(12-23)17(21-22-24)13-26-16-7-4-8-20-11-16/h1-8,11H,9-10,12-14H2. The van der Waals surface area contributed by atoms with E-state index in [2.05, 4.69) is 15.3 Å². The third-order valence-electron chi connectivity index (χ3n) is 4.31. The fourth-order valence-electron chi connectivity index (χ4n) is 2.86. The van der Waals surface area contributed by atoms with Crippen LogP contribution in [0.3, 0.4) is 0 Å². The molecule has 138 valence electrons. The third kappa shape index (κ3) is 4.05. The SMILES string of the molecule is O=C(COc1ccccc1)N1CCn2nnc(COc3cccnc3)c2C1. The lowest BCUT2D eigenvalue weighted by atomic mass is 10.2. The lowest BCUT2D eigenvalue weighted by Gasteiger charge is -2.27. The molecule has 4 rings (SSSR count). The Bertz CT molecular complexity index is 898. The highest BCUT2D eigenvalue weighted by Crippen LogP contribution is 2.17. The van der Waals surface area contributed by atoms with Crippen LogP contribution in [-0.2, 0) is 24.5 Å². The maximum absolute atomic E-state index is 12.5. The summed E-state index contributed by atoms with van der Waals surface area (Å²) in [4.78, 5) is 18.3. The van der Waals surface area contributed by atoms with Crippen molar-refractivity contribution in [3.8, 4) is 11.5 Å². The van der Waals surface area contributed by atoms with E-state index >= 15 is 0 Å². The van der Waals surface area contributed by atoms with E-state index in [0.717, 1.165) is 11.4 Å². The Balaban J connectivity index is 1.37. The Morgan fingerprint density at radius 3 is 2.70 bits per heavy atom. The van der Waals surface area contributed by atoms with Gasteiger partial charge in [0, 0.05) is 12.7 Å². The molecule has 3 heterocycles. The van der Waals surface area contributed by atoms with Crippen LogP contribution in [0.25, 0.3) is 0 Å². The van der Waals surface area contributed by atoms with Crippen molar-refractivity contribution in [1.29, 1.82) is 0 Å². The molecule has 8 heteroatoms. The van der Waals surface area contributed by atoms with Crippen molar-refractivity contribution in [2.75, 3.05) is 13.2 Å². The number of hydrogen-bond donors (Lipinski definition) is 0. The molecule has 0 fully saturated rings. The van der Waals surface area contributed by atoms with Gasteiger partial charge in [-0.3, -0.25) is 9.78 Å². The molecular formula is C19H19N5O3. The smallest absolute Gasteiger partial charge is 0.260 e. The molecule has 0 unspecified atom stereocenters. The van der Waals surface area contributed by atoms with Crippen LogP contribution < -0.4 is 9.47 Å². The minimum atomic E-state index is -0.0644. The fraction of sp³-hybridized carbons (Fsp3) is 0.263. The first kappa shape index (κ1) is 17.0. The molecule has 1 aliphatic rings. The van der Waals surface area contributed by atoms with Crippen LogP contribution in [0.2, 0.25) is 0 Å². The van der Waals surface area contributed by atoms with Crippen molar-refractivity contribution in [3.63, 3.8) is 0 Å². The molecule has 0 atom stereocenters. The summed E-state index contributed by atoms with van der Waals surface area (Å²) in [7, 11) is 0. The molecular weight excluding hydrogens is 346 g/mol. The van der Waals surface area contributed by atoms with Crippen molar-refractivity contribution in [3.05, 3.63) is 66.2 Å². The van der Waals surface area contributed by atoms with Gasteiger partial charge in [0.2, 0.25) is 0 Å². The molecule has 0 radical (unpaired) electrons. The summed E-state index contributed by atoms with van der Waals surface area (Å²) in [5.74, 6) is 1.28. The van der Waals surface area contributed by atoms with Crippen LogP contribution in [0, 0.1) is 0 Å². The first-order valence-electron chi connectivity index (χ1n) is 8.69. The Hall–Kier alpha value is -3.42.